The van der Waals surface area contributed by atoms with Crippen molar-refractivity contribution in [2.75, 3.05) is 25.5 Å². The third-order valence-electron chi connectivity index (χ3n) is 5.62. The van der Waals surface area contributed by atoms with Crippen LogP contribution >= 0.6 is 11.3 Å². The van der Waals surface area contributed by atoms with Gasteiger partial charge in [0.25, 0.3) is 5.91 Å². The quantitative estimate of drug-likeness (QED) is 0.566. The summed E-state index contributed by atoms with van der Waals surface area (Å²) in [6.45, 7) is 3.09. The van der Waals surface area contributed by atoms with E-state index in [9.17, 15) is 18.0 Å². The van der Waals surface area contributed by atoms with Crippen LogP contribution in [0.5, 0.6) is 0 Å². The Kier molecular flexibility index (Phi) is 6.27. The maximum atomic E-state index is 13.2. The van der Waals surface area contributed by atoms with Gasteiger partial charge in [-0.15, -0.1) is 11.3 Å². The summed E-state index contributed by atoms with van der Waals surface area (Å²) >= 11 is 1.16. The first-order chi connectivity index (χ1) is 15.3. The van der Waals surface area contributed by atoms with E-state index < -0.39 is 21.9 Å². The van der Waals surface area contributed by atoms with Crippen molar-refractivity contribution in [3.63, 3.8) is 0 Å². The van der Waals surface area contributed by atoms with Crippen LogP contribution in [-0.4, -0.2) is 49.8 Å². The van der Waals surface area contributed by atoms with Crippen LogP contribution in [0.1, 0.15) is 39.8 Å². The molecule has 0 spiro atoms. The zero-order valence-corrected chi connectivity index (χ0v) is 19.3. The number of piperidine rings is 1. The highest BCUT2D eigenvalue weighted by atomic mass is 32.2. The molecule has 1 aliphatic rings. The zero-order valence-electron chi connectivity index (χ0n) is 17.7. The van der Waals surface area contributed by atoms with Crippen molar-refractivity contribution in [2.45, 2.75) is 24.7 Å². The number of rotatable bonds is 5. The fourth-order valence-corrected chi connectivity index (χ4v) is 5.97. The van der Waals surface area contributed by atoms with Gasteiger partial charge in [0.1, 0.15) is 4.88 Å². The number of nitrogens with one attached hydrogen (secondary N) is 1. The van der Waals surface area contributed by atoms with E-state index in [1.165, 1.54) is 35.8 Å². The number of fused-ring (bicyclic) bond motifs is 1. The zero-order chi connectivity index (χ0) is 22.9. The van der Waals surface area contributed by atoms with E-state index in [1.54, 1.807) is 17.5 Å². The number of anilines is 1. The minimum Gasteiger partial charge on any atom is -0.465 e. The number of methoxy groups -OCH3 is 1. The Morgan fingerprint density at radius 3 is 2.66 bits per heavy atom. The van der Waals surface area contributed by atoms with E-state index in [-0.39, 0.29) is 15.3 Å². The monoisotopic (exact) mass is 473 g/mol. The Morgan fingerprint density at radius 1 is 1.19 bits per heavy atom. The average molecular weight is 474 g/mol. The minimum atomic E-state index is -3.68. The minimum absolute atomic E-state index is 0.132. The summed E-state index contributed by atoms with van der Waals surface area (Å²) in [7, 11) is -2.40. The summed E-state index contributed by atoms with van der Waals surface area (Å²) in [6, 6.07) is 7.78. The second kappa shape index (κ2) is 8.97. The highest BCUT2D eigenvalue weighted by Crippen LogP contribution is 2.28. The summed E-state index contributed by atoms with van der Waals surface area (Å²) in [5.41, 5.74) is 1.10. The van der Waals surface area contributed by atoms with Crippen LogP contribution in [0.15, 0.2) is 46.8 Å². The van der Waals surface area contributed by atoms with Crippen molar-refractivity contribution < 1.29 is 22.7 Å². The Labute approximate surface area is 190 Å². The molecule has 0 atom stereocenters. The smallest absolute Gasteiger partial charge is 0.350 e. The molecule has 168 valence electrons. The van der Waals surface area contributed by atoms with Crippen LogP contribution in [0.2, 0.25) is 0 Å². The molecule has 0 bridgehead atoms. The summed E-state index contributed by atoms with van der Waals surface area (Å²) in [5, 5.41) is 4.82. The normalized spacial score (nSPS) is 15.6. The number of pyridine rings is 1. The van der Waals surface area contributed by atoms with Crippen LogP contribution in [-0.2, 0) is 14.8 Å². The van der Waals surface area contributed by atoms with Gasteiger partial charge in [-0.1, -0.05) is 6.92 Å². The number of nitrogens with zero attached hydrogens (tertiary/aromatic N) is 2. The molecule has 4 rings (SSSR count). The molecule has 1 N–H and O–H groups in total. The molecule has 0 unspecified atom stereocenters. The van der Waals surface area contributed by atoms with Crippen molar-refractivity contribution in [2.24, 2.45) is 5.92 Å². The van der Waals surface area contributed by atoms with Crippen LogP contribution < -0.4 is 5.32 Å². The summed E-state index contributed by atoms with van der Waals surface area (Å²) in [5.74, 6) is -0.508. The number of ether oxygens (including phenoxy) is 1. The number of carbonyl (C=O) groups is 2. The Balaban J connectivity index is 1.68. The molecular weight excluding hydrogens is 450 g/mol. The van der Waals surface area contributed by atoms with Crippen molar-refractivity contribution in [1.29, 1.82) is 0 Å². The number of sulfonamides is 1. The summed E-state index contributed by atoms with van der Waals surface area (Å²) < 4.78 is 32.6. The molecule has 0 radical (unpaired) electrons. The molecule has 1 fully saturated rings. The molecule has 3 aromatic rings. The number of thiophene rings is 1. The largest absolute Gasteiger partial charge is 0.465 e. The maximum Gasteiger partial charge on any atom is 0.350 e. The third kappa shape index (κ3) is 4.25. The van der Waals surface area contributed by atoms with Crippen molar-refractivity contribution in [3.8, 4) is 0 Å². The van der Waals surface area contributed by atoms with E-state index in [0.29, 0.717) is 35.6 Å². The molecule has 3 heterocycles. The van der Waals surface area contributed by atoms with Gasteiger partial charge in [-0.25, -0.2) is 13.2 Å². The van der Waals surface area contributed by atoms with Gasteiger partial charge in [-0.3, -0.25) is 9.78 Å². The number of carbonyl (C=O) groups excluding carboxylic acids is 2. The summed E-state index contributed by atoms with van der Waals surface area (Å²) in [6.07, 6.45) is 3.14. The number of esters is 1. The molecule has 32 heavy (non-hydrogen) atoms. The number of amides is 1. The van der Waals surface area contributed by atoms with Crippen LogP contribution in [0, 0.1) is 5.92 Å². The Bertz CT molecular complexity index is 1280. The third-order valence-corrected chi connectivity index (χ3v) is 8.41. The van der Waals surface area contributed by atoms with Gasteiger partial charge < -0.3 is 10.1 Å². The van der Waals surface area contributed by atoms with Crippen LogP contribution in [0.25, 0.3) is 10.9 Å². The molecule has 1 saturated heterocycles. The van der Waals surface area contributed by atoms with Gasteiger partial charge in [0.2, 0.25) is 10.0 Å². The first kappa shape index (κ1) is 22.4. The number of aromatic nitrogens is 1. The molecule has 10 heteroatoms. The SMILES string of the molecule is COC(=O)c1sccc1NC(=O)c1ccnc2ccc(S(=O)(=O)N3CCC(C)CC3)cc12. The molecule has 0 saturated carbocycles. The molecule has 8 nitrogen and oxygen atoms in total. The molecule has 1 amide bonds. The molecule has 2 aromatic heterocycles. The first-order valence-electron chi connectivity index (χ1n) is 10.2. The van der Waals surface area contributed by atoms with E-state index in [1.807, 2.05) is 0 Å². The van der Waals surface area contributed by atoms with E-state index in [4.69, 9.17) is 4.74 Å². The highest BCUT2D eigenvalue weighted by Gasteiger charge is 2.28. The highest BCUT2D eigenvalue weighted by molar-refractivity contribution is 7.89. The lowest BCUT2D eigenvalue weighted by Crippen LogP contribution is -2.37. The predicted molar refractivity (Wildman–Crippen MR) is 123 cm³/mol. The molecule has 1 aliphatic heterocycles. The lowest BCUT2D eigenvalue weighted by Gasteiger charge is -2.29. The fraction of sp³-hybridized carbons (Fsp3) is 0.318. The molecule has 1 aromatic carbocycles. The number of hydrogen-bond donors (Lipinski definition) is 1. The Hall–Kier alpha value is -2.82. The van der Waals surface area contributed by atoms with E-state index in [2.05, 4.69) is 17.2 Å². The number of hydrogen-bond acceptors (Lipinski definition) is 7. The molecule has 0 aliphatic carbocycles. The van der Waals surface area contributed by atoms with Crippen LogP contribution in [0.4, 0.5) is 5.69 Å². The standard InChI is InChI=1S/C22H23N3O5S2/c1-14-6-10-25(11-7-14)32(28,29)15-3-4-18-17(13-15)16(5-9-23-18)21(26)24-19-8-12-31-20(19)22(27)30-2/h3-5,8-9,12-14H,6-7,10-11H2,1-2H3,(H,24,26). The summed E-state index contributed by atoms with van der Waals surface area (Å²) in [4.78, 5) is 29.6. The van der Waals surface area contributed by atoms with Crippen molar-refractivity contribution >= 4 is 49.8 Å². The second-order valence-corrected chi connectivity index (χ2v) is 10.6. The lowest BCUT2D eigenvalue weighted by atomic mass is 10.0. The number of benzene rings is 1. The van der Waals surface area contributed by atoms with Gasteiger partial charge >= 0.3 is 5.97 Å². The predicted octanol–water partition coefficient (Wildman–Crippen LogP) is 3.76. The van der Waals surface area contributed by atoms with Gasteiger partial charge in [0.15, 0.2) is 0 Å². The van der Waals surface area contributed by atoms with E-state index in [0.717, 1.165) is 24.2 Å². The van der Waals surface area contributed by atoms with E-state index >= 15 is 0 Å². The average Bonchev–Trinajstić information content (AvgIpc) is 3.26. The first-order valence-corrected chi connectivity index (χ1v) is 12.5. The van der Waals surface area contributed by atoms with Crippen molar-refractivity contribution in [1.82, 2.24) is 9.29 Å². The fourth-order valence-electron chi connectivity index (χ4n) is 3.71. The maximum absolute atomic E-state index is 13.2. The Morgan fingerprint density at radius 2 is 1.94 bits per heavy atom. The van der Waals surface area contributed by atoms with Crippen LogP contribution in [0.3, 0.4) is 0 Å². The van der Waals surface area contributed by atoms with Crippen molar-refractivity contribution in [3.05, 3.63) is 52.3 Å². The van der Waals surface area contributed by atoms with Gasteiger partial charge in [0.05, 0.1) is 28.8 Å². The second-order valence-electron chi connectivity index (χ2n) is 7.73. The van der Waals surface area contributed by atoms with Gasteiger partial charge in [0, 0.05) is 24.7 Å². The topological polar surface area (TPSA) is 106 Å². The van der Waals surface area contributed by atoms with Gasteiger partial charge in [-0.2, -0.15) is 4.31 Å². The lowest BCUT2D eigenvalue weighted by molar-refractivity contribution is 0.0607. The van der Waals surface area contributed by atoms with Gasteiger partial charge in [-0.05, 0) is 54.5 Å². The molecular formula is C22H23N3O5S2.